The molecule has 2 aliphatic carbocycles. The molecular formula is C17H24O4. The SMILES string of the molecule is C=C(C(=O)O)C1CCC2(C)CC(OC(C)=O)C=C(C)C2C1. The van der Waals surface area contributed by atoms with Crippen LogP contribution in [-0.4, -0.2) is 23.1 Å². The lowest BCUT2D eigenvalue weighted by Gasteiger charge is -2.49. The monoisotopic (exact) mass is 292 g/mol. The third kappa shape index (κ3) is 3.20. The summed E-state index contributed by atoms with van der Waals surface area (Å²) in [5.41, 5.74) is 1.61. The molecule has 4 unspecified atom stereocenters. The summed E-state index contributed by atoms with van der Waals surface area (Å²) in [4.78, 5) is 22.3. The lowest BCUT2D eigenvalue weighted by atomic mass is 9.57. The van der Waals surface area contributed by atoms with Crippen molar-refractivity contribution in [3.05, 3.63) is 23.8 Å². The topological polar surface area (TPSA) is 63.6 Å². The number of carbonyl (C=O) groups excluding carboxylic acids is 1. The van der Waals surface area contributed by atoms with E-state index in [0.717, 1.165) is 25.7 Å². The van der Waals surface area contributed by atoms with E-state index in [9.17, 15) is 9.59 Å². The first-order valence-corrected chi connectivity index (χ1v) is 7.50. The average Bonchev–Trinajstić information content (AvgIpc) is 2.36. The molecule has 2 rings (SSSR count). The molecule has 0 amide bonds. The molecule has 0 aliphatic heterocycles. The van der Waals surface area contributed by atoms with Gasteiger partial charge in [-0.3, -0.25) is 4.79 Å². The van der Waals surface area contributed by atoms with Crippen molar-refractivity contribution in [3.63, 3.8) is 0 Å². The van der Waals surface area contributed by atoms with Gasteiger partial charge in [0, 0.05) is 12.5 Å². The summed E-state index contributed by atoms with van der Waals surface area (Å²) < 4.78 is 5.36. The van der Waals surface area contributed by atoms with Crippen molar-refractivity contribution in [2.75, 3.05) is 0 Å². The van der Waals surface area contributed by atoms with Crippen LogP contribution in [-0.2, 0) is 14.3 Å². The summed E-state index contributed by atoms with van der Waals surface area (Å²) in [5.74, 6) is -0.744. The molecular weight excluding hydrogens is 268 g/mol. The van der Waals surface area contributed by atoms with Crippen molar-refractivity contribution in [3.8, 4) is 0 Å². The van der Waals surface area contributed by atoms with Gasteiger partial charge in [0.25, 0.3) is 0 Å². The Morgan fingerprint density at radius 1 is 1.48 bits per heavy atom. The van der Waals surface area contributed by atoms with Crippen LogP contribution < -0.4 is 0 Å². The maximum Gasteiger partial charge on any atom is 0.331 e. The summed E-state index contributed by atoms with van der Waals surface area (Å²) in [6, 6.07) is 0. The first-order chi connectivity index (χ1) is 9.73. The largest absolute Gasteiger partial charge is 0.478 e. The average molecular weight is 292 g/mol. The molecule has 4 heteroatoms. The molecule has 0 saturated heterocycles. The van der Waals surface area contributed by atoms with Gasteiger partial charge in [-0.1, -0.05) is 19.1 Å². The van der Waals surface area contributed by atoms with Crippen LogP contribution >= 0.6 is 0 Å². The van der Waals surface area contributed by atoms with Crippen LogP contribution in [0.2, 0.25) is 0 Å². The quantitative estimate of drug-likeness (QED) is 0.492. The minimum absolute atomic E-state index is 0.0502. The van der Waals surface area contributed by atoms with Crippen LogP contribution in [0.25, 0.3) is 0 Å². The van der Waals surface area contributed by atoms with Crippen molar-refractivity contribution in [2.24, 2.45) is 17.3 Å². The van der Waals surface area contributed by atoms with Crippen molar-refractivity contribution in [1.82, 2.24) is 0 Å². The molecule has 1 N–H and O–H groups in total. The van der Waals surface area contributed by atoms with Crippen molar-refractivity contribution in [2.45, 2.75) is 52.6 Å². The fourth-order valence-electron chi connectivity index (χ4n) is 4.05. The van der Waals surface area contributed by atoms with E-state index in [-0.39, 0.29) is 23.4 Å². The highest BCUT2D eigenvalue weighted by atomic mass is 16.5. The van der Waals surface area contributed by atoms with Crippen LogP contribution in [0, 0.1) is 17.3 Å². The Morgan fingerprint density at radius 2 is 2.14 bits per heavy atom. The van der Waals surface area contributed by atoms with E-state index >= 15 is 0 Å². The van der Waals surface area contributed by atoms with E-state index in [1.54, 1.807) is 0 Å². The van der Waals surface area contributed by atoms with Gasteiger partial charge in [-0.2, -0.15) is 0 Å². The van der Waals surface area contributed by atoms with E-state index in [4.69, 9.17) is 9.84 Å². The Labute approximate surface area is 125 Å². The third-order valence-corrected chi connectivity index (χ3v) is 5.18. The summed E-state index contributed by atoms with van der Waals surface area (Å²) in [5, 5.41) is 9.13. The zero-order valence-electron chi connectivity index (χ0n) is 13.0. The lowest BCUT2D eigenvalue weighted by molar-refractivity contribution is -0.146. The third-order valence-electron chi connectivity index (χ3n) is 5.18. The number of carbonyl (C=O) groups is 2. The number of carboxylic acid groups (broad SMARTS) is 1. The Hall–Kier alpha value is -1.58. The van der Waals surface area contributed by atoms with E-state index < -0.39 is 5.97 Å². The number of allylic oxidation sites excluding steroid dienone is 1. The Kier molecular flexibility index (Phi) is 4.26. The number of aliphatic carboxylic acids is 1. The summed E-state index contributed by atoms with van der Waals surface area (Å²) >= 11 is 0. The van der Waals surface area contributed by atoms with Gasteiger partial charge in [-0.15, -0.1) is 0 Å². The Balaban J connectivity index is 2.18. The van der Waals surface area contributed by atoms with Gasteiger partial charge in [0.2, 0.25) is 0 Å². The first kappa shape index (κ1) is 15.8. The zero-order chi connectivity index (χ0) is 15.8. The smallest absolute Gasteiger partial charge is 0.331 e. The fraction of sp³-hybridized carbons (Fsp3) is 0.647. The zero-order valence-corrected chi connectivity index (χ0v) is 13.0. The molecule has 0 radical (unpaired) electrons. The minimum atomic E-state index is -0.890. The molecule has 4 atom stereocenters. The number of rotatable bonds is 3. The number of hydrogen-bond acceptors (Lipinski definition) is 3. The molecule has 2 aliphatic rings. The van der Waals surface area contributed by atoms with Crippen LogP contribution in [0.4, 0.5) is 0 Å². The standard InChI is InChI=1S/C17H24O4/c1-10-7-14(21-12(3)18)9-17(4)6-5-13(8-15(10)17)11(2)16(19)20/h7,13-15H,2,5-6,8-9H2,1,3-4H3,(H,19,20). The molecule has 0 bridgehead atoms. The second-order valence-corrected chi connectivity index (χ2v) is 6.77. The normalized spacial score (nSPS) is 35.4. The molecule has 0 heterocycles. The second-order valence-electron chi connectivity index (χ2n) is 6.77. The Bertz CT molecular complexity index is 505. The van der Waals surface area contributed by atoms with Crippen LogP contribution in [0.3, 0.4) is 0 Å². The first-order valence-electron chi connectivity index (χ1n) is 7.50. The van der Waals surface area contributed by atoms with E-state index in [2.05, 4.69) is 20.4 Å². The number of ether oxygens (including phenoxy) is 1. The lowest BCUT2D eigenvalue weighted by Crippen LogP contribution is -2.42. The number of carboxylic acids is 1. The molecule has 116 valence electrons. The Morgan fingerprint density at radius 3 is 2.71 bits per heavy atom. The van der Waals surface area contributed by atoms with Crippen molar-refractivity contribution in [1.29, 1.82) is 0 Å². The summed E-state index contributed by atoms with van der Waals surface area (Å²) in [6.45, 7) is 9.45. The van der Waals surface area contributed by atoms with Gasteiger partial charge in [0.15, 0.2) is 0 Å². The van der Waals surface area contributed by atoms with Crippen LogP contribution in [0.1, 0.15) is 46.5 Å². The van der Waals surface area contributed by atoms with Gasteiger partial charge in [-0.05, 0) is 55.9 Å². The molecule has 1 saturated carbocycles. The molecule has 21 heavy (non-hydrogen) atoms. The molecule has 4 nitrogen and oxygen atoms in total. The predicted molar refractivity (Wildman–Crippen MR) is 79.6 cm³/mol. The van der Waals surface area contributed by atoms with Crippen molar-refractivity contribution >= 4 is 11.9 Å². The van der Waals surface area contributed by atoms with Gasteiger partial charge in [-0.25, -0.2) is 4.79 Å². The summed E-state index contributed by atoms with van der Waals surface area (Å²) in [6.07, 6.45) is 5.32. The molecule has 0 aromatic rings. The van der Waals surface area contributed by atoms with E-state index in [0.29, 0.717) is 11.5 Å². The highest BCUT2D eigenvalue weighted by Crippen LogP contribution is 2.53. The highest BCUT2D eigenvalue weighted by molar-refractivity contribution is 5.86. The maximum absolute atomic E-state index is 11.2. The van der Waals surface area contributed by atoms with E-state index in [1.807, 2.05) is 6.08 Å². The second kappa shape index (κ2) is 5.66. The van der Waals surface area contributed by atoms with Gasteiger partial charge < -0.3 is 9.84 Å². The van der Waals surface area contributed by atoms with Gasteiger partial charge in [0.05, 0.1) is 0 Å². The number of esters is 1. The maximum atomic E-state index is 11.2. The molecule has 0 spiro atoms. The van der Waals surface area contributed by atoms with E-state index in [1.165, 1.54) is 12.5 Å². The highest BCUT2D eigenvalue weighted by Gasteiger charge is 2.45. The van der Waals surface area contributed by atoms with Crippen LogP contribution in [0.5, 0.6) is 0 Å². The predicted octanol–water partition coefficient (Wildman–Crippen LogP) is 3.33. The number of fused-ring (bicyclic) bond motifs is 1. The minimum Gasteiger partial charge on any atom is -0.478 e. The van der Waals surface area contributed by atoms with Crippen LogP contribution in [0.15, 0.2) is 23.8 Å². The molecule has 0 aromatic heterocycles. The summed E-state index contributed by atoms with van der Waals surface area (Å²) in [7, 11) is 0. The fourth-order valence-corrected chi connectivity index (χ4v) is 4.05. The van der Waals surface area contributed by atoms with Gasteiger partial charge >= 0.3 is 11.9 Å². The van der Waals surface area contributed by atoms with Gasteiger partial charge in [0.1, 0.15) is 6.10 Å². The number of hydrogen-bond donors (Lipinski definition) is 1. The van der Waals surface area contributed by atoms with Crippen molar-refractivity contribution < 1.29 is 19.4 Å². The molecule has 0 aromatic carbocycles. The molecule has 1 fully saturated rings.